The van der Waals surface area contributed by atoms with Crippen molar-refractivity contribution in [2.24, 2.45) is 5.41 Å². The van der Waals surface area contributed by atoms with Gasteiger partial charge in [0.1, 0.15) is 0 Å². The van der Waals surface area contributed by atoms with Crippen LogP contribution in [0.25, 0.3) is 0 Å². The lowest BCUT2D eigenvalue weighted by atomic mass is 9.80. The number of nitrogens with zero attached hydrogens (tertiary/aromatic N) is 1. The number of rotatable bonds is 5. The zero-order valence-electron chi connectivity index (χ0n) is 12.9. The fraction of sp³-hybridized carbons (Fsp3) is 1.00. The number of β-amino-alcohol motifs (C(OH)–C–C–N with tert-alkyl or cyclic N) is 1. The van der Waals surface area contributed by atoms with Gasteiger partial charge in [-0.1, -0.05) is 0 Å². The van der Waals surface area contributed by atoms with E-state index in [4.69, 9.17) is 4.74 Å². The highest BCUT2D eigenvalue weighted by atomic mass is 16.5. The summed E-state index contributed by atoms with van der Waals surface area (Å²) in [4.78, 5) is 2.47. The fourth-order valence-electron chi connectivity index (χ4n) is 3.81. The maximum Gasteiger partial charge on any atom is 0.0746 e. The first-order chi connectivity index (χ1) is 9.57. The zero-order chi connectivity index (χ0) is 14.1. The summed E-state index contributed by atoms with van der Waals surface area (Å²) in [6, 6.07) is 0.762. The Morgan fingerprint density at radius 1 is 1.30 bits per heavy atom. The topological polar surface area (TPSA) is 44.7 Å². The summed E-state index contributed by atoms with van der Waals surface area (Å²) in [6.07, 6.45) is 7.17. The molecular weight excluding hydrogens is 252 g/mol. The summed E-state index contributed by atoms with van der Waals surface area (Å²) in [5, 5.41) is 14.0. The molecule has 3 aliphatic rings. The van der Waals surface area contributed by atoms with Crippen molar-refractivity contribution < 1.29 is 9.84 Å². The smallest absolute Gasteiger partial charge is 0.0746 e. The Morgan fingerprint density at radius 3 is 2.80 bits per heavy atom. The van der Waals surface area contributed by atoms with Crippen LogP contribution in [0.15, 0.2) is 0 Å². The monoisotopic (exact) mass is 282 g/mol. The molecular formula is C16H30N2O2. The van der Waals surface area contributed by atoms with Crippen molar-refractivity contribution in [3.63, 3.8) is 0 Å². The van der Waals surface area contributed by atoms with Crippen LogP contribution in [0, 0.1) is 5.41 Å². The summed E-state index contributed by atoms with van der Waals surface area (Å²) in [6.45, 7) is 7.87. The van der Waals surface area contributed by atoms with Crippen LogP contribution in [-0.2, 0) is 4.74 Å². The molecule has 2 atom stereocenters. The minimum Gasteiger partial charge on any atom is -0.389 e. The maximum absolute atomic E-state index is 10.3. The van der Waals surface area contributed by atoms with Crippen molar-refractivity contribution in [3.8, 4) is 0 Å². The molecule has 4 nitrogen and oxygen atoms in total. The Hall–Kier alpha value is -0.160. The van der Waals surface area contributed by atoms with E-state index >= 15 is 0 Å². The van der Waals surface area contributed by atoms with Gasteiger partial charge in [-0.2, -0.15) is 0 Å². The predicted molar refractivity (Wildman–Crippen MR) is 79.8 cm³/mol. The Labute approximate surface area is 122 Å². The normalized spacial score (nSPS) is 39.9. The van der Waals surface area contributed by atoms with E-state index in [9.17, 15) is 5.11 Å². The van der Waals surface area contributed by atoms with Gasteiger partial charge in [-0.3, -0.25) is 4.90 Å². The lowest BCUT2D eigenvalue weighted by Crippen LogP contribution is -2.54. The molecule has 2 saturated heterocycles. The molecule has 4 heteroatoms. The van der Waals surface area contributed by atoms with E-state index in [1.54, 1.807) is 0 Å². The predicted octanol–water partition coefficient (Wildman–Crippen LogP) is 1.38. The minimum atomic E-state index is -0.501. The lowest BCUT2D eigenvalue weighted by Gasteiger charge is -2.45. The highest BCUT2D eigenvalue weighted by molar-refractivity contribution is 4.93. The van der Waals surface area contributed by atoms with Crippen LogP contribution in [0.2, 0.25) is 0 Å². The van der Waals surface area contributed by atoms with Gasteiger partial charge in [0.15, 0.2) is 0 Å². The van der Waals surface area contributed by atoms with Gasteiger partial charge >= 0.3 is 0 Å². The van der Waals surface area contributed by atoms with Crippen molar-refractivity contribution in [1.82, 2.24) is 10.2 Å². The van der Waals surface area contributed by atoms with E-state index in [1.165, 1.54) is 25.7 Å². The molecule has 3 rings (SSSR count). The van der Waals surface area contributed by atoms with Crippen molar-refractivity contribution in [3.05, 3.63) is 0 Å². The van der Waals surface area contributed by atoms with Crippen LogP contribution in [0.3, 0.4) is 0 Å². The number of ether oxygens (including phenoxy) is 1. The standard InChI is InChI=1S/C16H30N2O2/c1-15(19)6-2-8-18(11-15)12-16(7-3-9-20-13-16)10-17-14-4-5-14/h14,17,19H,2-13H2,1H3. The second kappa shape index (κ2) is 5.91. The van der Waals surface area contributed by atoms with Gasteiger partial charge in [0.25, 0.3) is 0 Å². The average Bonchev–Trinajstić information content (AvgIpc) is 3.20. The third kappa shape index (κ3) is 3.94. The SMILES string of the molecule is CC1(O)CCCN(CC2(CNC3CC3)CCCOC2)C1. The molecule has 0 bridgehead atoms. The molecule has 0 spiro atoms. The van der Waals surface area contributed by atoms with E-state index in [0.29, 0.717) is 0 Å². The van der Waals surface area contributed by atoms with Crippen LogP contribution in [0.4, 0.5) is 0 Å². The number of nitrogens with one attached hydrogen (secondary N) is 1. The second-order valence-corrected chi connectivity index (χ2v) is 7.62. The highest BCUT2D eigenvalue weighted by Gasteiger charge is 2.38. The summed E-state index contributed by atoms with van der Waals surface area (Å²) in [7, 11) is 0. The molecule has 0 radical (unpaired) electrons. The molecule has 2 N–H and O–H groups in total. The molecule has 116 valence electrons. The van der Waals surface area contributed by atoms with Crippen LogP contribution in [-0.4, -0.2) is 61.0 Å². The Balaban J connectivity index is 1.59. The van der Waals surface area contributed by atoms with E-state index in [2.05, 4.69) is 10.2 Å². The molecule has 0 amide bonds. The largest absolute Gasteiger partial charge is 0.389 e. The quantitative estimate of drug-likeness (QED) is 0.800. The highest BCUT2D eigenvalue weighted by Crippen LogP contribution is 2.32. The van der Waals surface area contributed by atoms with Gasteiger partial charge in [0.05, 0.1) is 12.2 Å². The average molecular weight is 282 g/mol. The molecule has 2 heterocycles. The second-order valence-electron chi connectivity index (χ2n) is 7.62. The van der Waals surface area contributed by atoms with Gasteiger partial charge in [-0.15, -0.1) is 0 Å². The van der Waals surface area contributed by atoms with Gasteiger partial charge in [-0.05, 0) is 52.0 Å². The maximum atomic E-state index is 10.3. The van der Waals surface area contributed by atoms with Gasteiger partial charge in [-0.25, -0.2) is 0 Å². The number of piperidine rings is 1. The third-order valence-electron chi connectivity index (χ3n) is 5.06. The molecule has 2 unspecified atom stereocenters. The molecule has 1 aliphatic carbocycles. The molecule has 2 aliphatic heterocycles. The van der Waals surface area contributed by atoms with Crippen LogP contribution >= 0.6 is 0 Å². The van der Waals surface area contributed by atoms with Crippen molar-refractivity contribution in [2.45, 2.75) is 57.1 Å². The molecule has 0 aromatic heterocycles. The molecule has 0 aromatic carbocycles. The first-order valence-corrected chi connectivity index (χ1v) is 8.33. The first kappa shape index (κ1) is 14.8. The van der Waals surface area contributed by atoms with E-state index < -0.39 is 5.60 Å². The third-order valence-corrected chi connectivity index (χ3v) is 5.06. The number of likely N-dealkylation sites (tertiary alicyclic amines) is 1. The molecule has 1 saturated carbocycles. The summed E-state index contributed by atoms with van der Waals surface area (Å²) < 4.78 is 5.80. The van der Waals surface area contributed by atoms with Crippen molar-refractivity contribution >= 4 is 0 Å². The fourth-order valence-corrected chi connectivity index (χ4v) is 3.81. The molecule has 3 fully saturated rings. The number of hydrogen-bond donors (Lipinski definition) is 2. The Morgan fingerprint density at radius 2 is 2.15 bits per heavy atom. The Kier molecular flexibility index (Phi) is 4.37. The van der Waals surface area contributed by atoms with Crippen LogP contribution < -0.4 is 5.32 Å². The number of aliphatic hydroxyl groups is 1. The summed E-state index contributed by atoms with van der Waals surface area (Å²) in [5.41, 5.74) is -0.243. The van der Waals surface area contributed by atoms with Crippen molar-refractivity contribution in [1.29, 1.82) is 0 Å². The minimum absolute atomic E-state index is 0.258. The van der Waals surface area contributed by atoms with Gasteiger partial charge < -0.3 is 15.2 Å². The van der Waals surface area contributed by atoms with E-state index in [-0.39, 0.29) is 5.41 Å². The lowest BCUT2D eigenvalue weighted by molar-refractivity contribution is -0.0609. The van der Waals surface area contributed by atoms with E-state index in [0.717, 1.165) is 58.3 Å². The summed E-state index contributed by atoms with van der Waals surface area (Å²) >= 11 is 0. The summed E-state index contributed by atoms with van der Waals surface area (Å²) in [5.74, 6) is 0. The van der Waals surface area contributed by atoms with Gasteiger partial charge in [0.2, 0.25) is 0 Å². The molecule has 20 heavy (non-hydrogen) atoms. The van der Waals surface area contributed by atoms with Crippen molar-refractivity contribution in [2.75, 3.05) is 39.4 Å². The molecule has 0 aromatic rings. The van der Waals surface area contributed by atoms with Crippen LogP contribution in [0.1, 0.15) is 45.4 Å². The first-order valence-electron chi connectivity index (χ1n) is 8.33. The van der Waals surface area contributed by atoms with Crippen LogP contribution in [0.5, 0.6) is 0 Å². The number of hydrogen-bond acceptors (Lipinski definition) is 4. The van der Waals surface area contributed by atoms with Gasteiger partial charge in [0, 0.05) is 37.7 Å². The Bertz CT molecular complexity index is 322. The zero-order valence-corrected chi connectivity index (χ0v) is 12.9. The van der Waals surface area contributed by atoms with E-state index in [1.807, 2.05) is 6.92 Å².